The zero-order chi connectivity index (χ0) is 19.1. The summed E-state index contributed by atoms with van der Waals surface area (Å²) < 4.78 is 11.4. The Bertz CT molecular complexity index is 977. The van der Waals surface area contributed by atoms with Crippen molar-refractivity contribution in [1.29, 1.82) is 0 Å². The summed E-state index contributed by atoms with van der Waals surface area (Å²) in [5, 5.41) is 4.06. The van der Waals surface area contributed by atoms with Crippen LogP contribution in [0.5, 0.6) is 11.5 Å². The first kappa shape index (κ1) is 21.9. The lowest BCUT2D eigenvalue weighted by Gasteiger charge is -2.14. The zero-order valence-electron chi connectivity index (χ0n) is 14.8. The van der Waals surface area contributed by atoms with Gasteiger partial charge in [0.2, 0.25) is 0 Å². The lowest BCUT2D eigenvalue weighted by atomic mass is 10.2. The molecule has 0 atom stereocenters. The van der Waals surface area contributed by atoms with E-state index in [1.807, 2.05) is 30.3 Å². The molecule has 1 aromatic heterocycles. The summed E-state index contributed by atoms with van der Waals surface area (Å²) in [5.41, 5.74) is 2.32. The fourth-order valence-corrected chi connectivity index (χ4v) is 2.66. The molecule has 0 aliphatic rings. The van der Waals surface area contributed by atoms with Crippen molar-refractivity contribution in [3.63, 3.8) is 0 Å². The molecule has 0 bridgehead atoms. The lowest BCUT2D eigenvalue weighted by Crippen LogP contribution is -2.05. The predicted molar refractivity (Wildman–Crippen MR) is 117 cm³/mol. The average molecular weight is 439 g/mol. The first-order valence-corrected chi connectivity index (χ1v) is 9.32. The second kappa shape index (κ2) is 10.8. The second-order valence-corrected chi connectivity index (χ2v) is 6.22. The maximum atomic E-state index is 5.75. The fourth-order valence-electron chi connectivity index (χ4n) is 2.51. The van der Waals surface area contributed by atoms with Crippen LogP contribution in [-0.2, 0) is 0 Å². The Balaban J connectivity index is 0.00000280. The molecular formula is C20H18Cl3N3O2. The van der Waals surface area contributed by atoms with Gasteiger partial charge < -0.3 is 14.8 Å². The number of nitrogens with zero attached hydrogens (tertiary/aromatic N) is 2. The predicted octanol–water partition coefficient (Wildman–Crippen LogP) is 5.01. The van der Waals surface area contributed by atoms with Gasteiger partial charge in [0.25, 0.3) is 0 Å². The number of halogens is 3. The summed E-state index contributed by atoms with van der Waals surface area (Å²) in [4.78, 5) is 8.68. The van der Waals surface area contributed by atoms with Crippen LogP contribution in [0.2, 0.25) is 0 Å². The van der Waals surface area contributed by atoms with Crippen LogP contribution in [0.1, 0.15) is 5.56 Å². The van der Waals surface area contributed by atoms with Gasteiger partial charge in [-0.15, -0.1) is 42.0 Å². The monoisotopic (exact) mass is 437 g/mol. The highest BCUT2D eigenvalue weighted by molar-refractivity contribution is 6.18. The molecule has 3 rings (SSSR count). The van der Waals surface area contributed by atoms with Crippen LogP contribution in [-0.4, -0.2) is 34.9 Å². The van der Waals surface area contributed by atoms with Gasteiger partial charge >= 0.3 is 0 Å². The molecule has 0 saturated carbocycles. The van der Waals surface area contributed by atoms with Crippen molar-refractivity contribution in [2.24, 2.45) is 0 Å². The fraction of sp³-hybridized carbons (Fsp3) is 0.200. The van der Waals surface area contributed by atoms with Crippen molar-refractivity contribution in [2.75, 3.05) is 30.3 Å². The molecule has 0 saturated heterocycles. The molecule has 28 heavy (non-hydrogen) atoms. The summed E-state index contributed by atoms with van der Waals surface area (Å²) in [6.45, 7) is 0.713. The number of alkyl halides is 2. The van der Waals surface area contributed by atoms with Gasteiger partial charge in [0.15, 0.2) is 11.5 Å². The molecule has 5 nitrogen and oxygen atoms in total. The normalized spacial score (nSPS) is 10.0. The third-order valence-electron chi connectivity index (χ3n) is 3.66. The van der Waals surface area contributed by atoms with Crippen LogP contribution >= 0.6 is 35.6 Å². The van der Waals surface area contributed by atoms with Crippen molar-refractivity contribution < 1.29 is 9.47 Å². The molecule has 1 heterocycles. The number of benzene rings is 2. The number of anilines is 2. The van der Waals surface area contributed by atoms with E-state index in [9.17, 15) is 0 Å². The molecule has 0 fully saturated rings. The highest BCUT2D eigenvalue weighted by Gasteiger charge is 2.12. The van der Waals surface area contributed by atoms with Gasteiger partial charge in [0.1, 0.15) is 25.4 Å². The van der Waals surface area contributed by atoms with Crippen LogP contribution in [0.25, 0.3) is 10.9 Å². The average Bonchev–Trinajstić information content (AvgIpc) is 2.71. The van der Waals surface area contributed by atoms with Gasteiger partial charge in [-0.2, -0.15) is 0 Å². The first-order chi connectivity index (χ1) is 13.2. The molecule has 1 N–H and O–H groups in total. The molecule has 0 unspecified atom stereocenters. The Labute approximate surface area is 179 Å². The van der Waals surface area contributed by atoms with Crippen molar-refractivity contribution in [2.45, 2.75) is 0 Å². The van der Waals surface area contributed by atoms with Crippen molar-refractivity contribution in [1.82, 2.24) is 9.97 Å². The molecule has 0 aliphatic carbocycles. The van der Waals surface area contributed by atoms with E-state index in [0.29, 0.717) is 47.8 Å². The Morgan fingerprint density at radius 1 is 1.00 bits per heavy atom. The molecule has 146 valence electrons. The van der Waals surface area contributed by atoms with Crippen LogP contribution in [0, 0.1) is 12.3 Å². The van der Waals surface area contributed by atoms with Crippen LogP contribution in [0.4, 0.5) is 11.5 Å². The Kier molecular flexibility index (Phi) is 8.46. The Morgan fingerprint density at radius 3 is 2.39 bits per heavy atom. The van der Waals surface area contributed by atoms with E-state index in [1.54, 1.807) is 6.07 Å². The molecule has 8 heteroatoms. The number of hydrogen-bond donors (Lipinski definition) is 1. The summed E-state index contributed by atoms with van der Waals surface area (Å²) in [5.74, 6) is 5.10. The largest absolute Gasteiger partial charge is 0.488 e. The zero-order valence-corrected chi connectivity index (χ0v) is 17.2. The minimum absolute atomic E-state index is 0. The molecule has 3 aromatic rings. The third-order valence-corrected chi connectivity index (χ3v) is 3.97. The van der Waals surface area contributed by atoms with E-state index in [1.165, 1.54) is 6.33 Å². The maximum absolute atomic E-state index is 5.75. The number of ether oxygens (including phenoxy) is 2. The number of terminal acetylenes is 1. The molecule has 0 radical (unpaired) electrons. The molecule has 0 spiro atoms. The summed E-state index contributed by atoms with van der Waals surface area (Å²) in [7, 11) is 0. The number of hydrogen-bond acceptors (Lipinski definition) is 5. The van der Waals surface area contributed by atoms with Gasteiger partial charge in [-0.05, 0) is 24.3 Å². The van der Waals surface area contributed by atoms with Crippen molar-refractivity contribution >= 4 is 58.0 Å². The van der Waals surface area contributed by atoms with Gasteiger partial charge in [-0.25, -0.2) is 9.97 Å². The Hall–Kier alpha value is -2.39. The smallest absolute Gasteiger partial charge is 0.163 e. The van der Waals surface area contributed by atoms with Gasteiger partial charge in [0, 0.05) is 22.7 Å². The molecule has 0 amide bonds. The first-order valence-electron chi connectivity index (χ1n) is 8.25. The van der Waals surface area contributed by atoms with Gasteiger partial charge in [0.05, 0.1) is 17.3 Å². The van der Waals surface area contributed by atoms with E-state index in [4.69, 9.17) is 39.1 Å². The quantitative estimate of drug-likeness (QED) is 0.396. The summed E-state index contributed by atoms with van der Waals surface area (Å²) >= 11 is 11.5. The van der Waals surface area contributed by atoms with Gasteiger partial charge in [-0.1, -0.05) is 12.0 Å². The van der Waals surface area contributed by atoms with E-state index < -0.39 is 0 Å². The summed E-state index contributed by atoms with van der Waals surface area (Å²) in [6.07, 6.45) is 6.96. The Morgan fingerprint density at radius 2 is 1.71 bits per heavy atom. The number of fused-ring (bicyclic) bond motifs is 1. The van der Waals surface area contributed by atoms with Gasteiger partial charge in [-0.3, -0.25) is 0 Å². The van der Waals surface area contributed by atoms with E-state index in [-0.39, 0.29) is 12.4 Å². The second-order valence-electron chi connectivity index (χ2n) is 5.46. The SMILES string of the molecule is C#Cc1cccc(Nc2ncnc3cc(OCCCl)c(OCCCl)cc23)c1.Cl. The highest BCUT2D eigenvalue weighted by atomic mass is 35.5. The minimum Gasteiger partial charge on any atom is -0.488 e. The molecule has 2 aromatic carbocycles. The third kappa shape index (κ3) is 5.32. The van der Waals surface area contributed by atoms with Crippen LogP contribution in [0.3, 0.4) is 0 Å². The van der Waals surface area contributed by atoms with Crippen LogP contribution in [0.15, 0.2) is 42.7 Å². The maximum Gasteiger partial charge on any atom is 0.163 e. The minimum atomic E-state index is 0. The standard InChI is InChI=1S/C20H17Cl2N3O2.ClH/c1-2-14-4-3-5-15(10-14)25-20-16-11-18(26-8-6-21)19(27-9-7-22)12-17(16)23-13-24-20;/h1,3-5,10-13H,6-9H2,(H,23,24,25);1H. The van der Waals surface area contributed by atoms with Crippen molar-refractivity contribution in [3.8, 4) is 23.8 Å². The number of nitrogens with one attached hydrogen (secondary N) is 1. The van der Waals surface area contributed by atoms with E-state index in [0.717, 1.165) is 16.6 Å². The highest BCUT2D eigenvalue weighted by Crippen LogP contribution is 2.35. The number of rotatable bonds is 8. The topological polar surface area (TPSA) is 56.3 Å². The summed E-state index contributed by atoms with van der Waals surface area (Å²) in [6, 6.07) is 11.2. The number of aromatic nitrogens is 2. The van der Waals surface area contributed by atoms with Crippen molar-refractivity contribution in [3.05, 3.63) is 48.3 Å². The van der Waals surface area contributed by atoms with E-state index in [2.05, 4.69) is 21.2 Å². The molecule has 0 aliphatic heterocycles. The lowest BCUT2D eigenvalue weighted by molar-refractivity contribution is 0.291. The molecular weight excluding hydrogens is 421 g/mol. The van der Waals surface area contributed by atoms with Crippen LogP contribution < -0.4 is 14.8 Å². The van der Waals surface area contributed by atoms with E-state index >= 15 is 0 Å².